The number of amides is 1. The van der Waals surface area contributed by atoms with E-state index < -0.39 is 5.82 Å². The number of carbonyl (C=O) groups excluding carboxylic acids is 1. The Hall–Kier alpha value is -1.62. The predicted molar refractivity (Wildman–Crippen MR) is 78.0 cm³/mol. The van der Waals surface area contributed by atoms with E-state index in [1.54, 1.807) is 0 Å². The molecule has 0 aliphatic carbocycles. The highest BCUT2D eigenvalue weighted by molar-refractivity contribution is 5.95. The Bertz CT molecular complexity index is 452. The molecule has 1 aromatic carbocycles. The summed E-state index contributed by atoms with van der Waals surface area (Å²) in [6.45, 7) is 4.98. The van der Waals surface area contributed by atoms with Crippen LogP contribution in [0.4, 0.5) is 10.1 Å². The van der Waals surface area contributed by atoms with Gasteiger partial charge in [0.05, 0.1) is 0 Å². The van der Waals surface area contributed by atoms with Gasteiger partial charge in [-0.1, -0.05) is 6.42 Å². The third kappa shape index (κ3) is 4.20. The van der Waals surface area contributed by atoms with Gasteiger partial charge in [-0.05, 0) is 51.1 Å². The lowest BCUT2D eigenvalue weighted by Crippen LogP contribution is -2.43. The fraction of sp³-hybridized carbons (Fsp3) is 0.533. The standard InChI is InChI=1S/C15H22FN3O/c1-11(10-19-5-3-2-4-6-19)18-15(20)12-7-13(16)9-14(17)8-12/h7-9,11H,2-6,10,17H2,1H3,(H,18,20). The first-order valence-corrected chi connectivity index (χ1v) is 7.14. The van der Waals surface area contributed by atoms with Gasteiger partial charge >= 0.3 is 0 Å². The Kier molecular flexibility index (Phi) is 4.95. The maximum atomic E-state index is 13.2. The lowest BCUT2D eigenvalue weighted by atomic mass is 10.1. The second kappa shape index (κ2) is 6.70. The van der Waals surface area contributed by atoms with Crippen LogP contribution < -0.4 is 11.1 Å². The first-order chi connectivity index (χ1) is 9.54. The van der Waals surface area contributed by atoms with Crippen molar-refractivity contribution >= 4 is 11.6 Å². The molecule has 1 unspecified atom stereocenters. The maximum Gasteiger partial charge on any atom is 0.251 e. The van der Waals surface area contributed by atoms with E-state index >= 15 is 0 Å². The van der Waals surface area contributed by atoms with E-state index in [1.807, 2.05) is 6.92 Å². The van der Waals surface area contributed by atoms with Crippen molar-refractivity contribution in [2.45, 2.75) is 32.2 Å². The van der Waals surface area contributed by atoms with Gasteiger partial charge in [0.15, 0.2) is 0 Å². The van der Waals surface area contributed by atoms with Crippen molar-refractivity contribution in [2.75, 3.05) is 25.4 Å². The molecule has 20 heavy (non-hydrogen) atoms. The minimum Gasteiger partial charge on any atom is -0.399 e. The molecule has 2 rings (SSSR count). The van der Waals surface area contributed by atoms with E-state index in [0.29, 0.717) is 0 Å². The number of likely N-dealkylation sites (tertiary alicyclic amines) is 1. The zero-order valence-electron chi connectivity index (χ0n) is 11.9. The molecule has 110 valence electrons. The molecule has 1 amide bonds. The lowest BCUT2D eigenvalue weighted by Gasteiger charge is -2.29. The van der Waals surface area contributed by atoms with E-state index in [2.05, 4.69) is 10.2 Å². The molecule has 0 aromatic heterocycles. The van der Waals surface area contributed by atoms with Crippen LogP contribution in [-0.2, 0) is 0 Å². The Morgan fingerprint density at radius 1 is 1.35 bits per heavy atom. The third-order valence-electron chi connectivity index (χ3n) is 3.54. The van der Waals surface area contributed by atoms with Gasteiger partial charge in [0.2, 0.25) is 0 Å². The highest BCUT2D eigenvalue weighted by atomic mass is 19.1. The van der Waals surface area contributed by atoms with Crippen molar-refractivity contribution in [2.24, 2.45) is 0 Å². The summed E-state index contributed by atoms with van der Waals surface area (Å²) in [4.78, 5) is 14.4. The first kappa shape index (κ1) is 14.8. The monoisotopic (exact) mass is 279 g/mol. The Labute approximate surface area is 119 Å². The van der Waals surface area contributed by atoms with Crippen molar-refractivity contribution in [1.82, 2.24) is 10.2 Å². The number of nitrogen functional groups attached to an aromatic ring is 1. The zero-order valence-corrected chi connectivity index (χ0v) is 11.9. The first-order valence-electron chi connectivity index (χ1n) is 7.14. The van der Waals surface area contributed by atoms with Gasteiger partial charge in [-0.25, -0.2) is 4.39 Å². The number of piperidine rings is 1. The number of halogens is 1. The Balaban J connectivity index is 1.89. The van der Waals surface area contributed by atoms with Crippen LogP contribution in [0, 0.1) is 5.82 Å². The average molecular weight is 279 g/mol. The second-order valence-corrected chi connectivity index (χ2v) is 5.51. The number of hydrogen-bond donors (Lipinski definition) is 2. The van der Waals surface area contributed by atoms with Crippen LogP contribution >= 0.6 is 0 Å². The van der Waals surface area contributed by atoms with Gasteiger partial charge in [0, 0.05) is 23.8 Å². The molecule has 1 heterocycles. The Morgan fingerprint density at radius 3 is 2.70 bits per heavy atom. The molecule has 1 aromatic rings. The number of nitrogens with two attached hydrogens (primary N) is 1. The highest BCUT2D eigenvalue weighted by Gasteiger charge is 2.16. The molecule has 3 N–H and O–H groups in total. The molecule has 0 spiro atoms. The van der Waals surface area contributed by atoms with Crippen LogP contribution in [0.2, 0.25) is 0 Å². The number of benzene rings is 1. The van der Waals surface area contributed by atoms with E-state index in [-0.39, 0.29) is 23.2 Å². The third-order valence-corrected chi connectivity index (χ3v) is 3.54. The molecule has 4 nitrogen and oxygen atoms in total. The molecule has 0 radical (unpaired) electrons. The molecule has 1 aliphatic heterocycles. The predicted octanol–water partition coefficient (Wildman–Crippen LogP) is 2.01. The fourth-order valence-electron chi connectivity index (χ4n) is 2.63. The van der Waals surface area contributed by atoms with Crippen molar-refractivity contribution < 1.29 is 9.18 Å². The lowest BCUT2D eigenvalue weighted by molar-refractivity contribution is 0.0925. The summed E-state index contributed by atoms with van der Waals surface area (Å²) < 4.78 is 13.2. The second-order valence-electron chi connectivity index (χ2n) is 5.51. The normalized spacial score (nSPS) is 17.7. The summed E-state index contributed by atoms with van der Waals surface area (Å²) in [5.74, 6) is -0.764. The van der Waals surface area contributed by atoms with Crippen molar-refractivity contribution in [1.29, 1.82) is 0 Å². The van der Waals surface area contributed by atoms with Crippen LogP contribution in [-0.4, -0.2) is 36.5 Å². The SMILES string of the molecule is CC(CN1CCCCC1)NC(=O)c1cc(N)cc(F)c1. The summed E-state index contributed by atoms with van der Waals surface area (Å²) >= 11 is 0. The number of hydrogen-bond acceptors (Lipinski definition) is 3. The van der Waals surface area contributed by atoms with Crippen molar-refractivity contribution in [3.8, 4) is 0 Å². The highest BCUT2D eigenvalue weighted by Crippen LogP contribution is 2.12. The molecule has 1 saturated heterocycles. The van der Waals surface area contributed by atoms with E-state index in [0.717, 1.165) is 19.6 Å². The van der Waals surface area contributed by atoms with E-state index in [4.69, 9.17) is 5.73 Å². The number of anilines is 1. The molecule has 0 bridgehead atoms. The quantitative estimate of drug-likeness (QED) is 0.829. The summed E-state index contributed by atoms with van der Waals surface area (Å²) in [6.07, 6.45) is 3.74. The molecular formula is C15H22FN3O. The van der Waals surface area contributed by atoms with Crippen LogP contribution in [0.25, 0.3) is 0 Å². The van der Waals surface area contributed by atoms with Crippen LogP contribution in [0.5, 0.6) is 0 Å². The van der Waals surface area contributed by atoms with Crippen LogP contribution in [0.15, 0.2) is 18.2 Å². The summed E-state index contributed by atoms with van der Waals surface area (Å²) in [7, 11) is 0. The minimum atomic E-state index is -0.487. The summed E-state index contributed by atoms with van der Waals surface area (Å²) in [5.41, 5.74) is 6.08. The van der Waals surface area contributed by atoms with Gasteiger partial charge in [-0.3, -0.25) is 4.79 Å². The number of carbonyl (C=O) groups is 1. The molecular weight excluding hydrogens is 257 g/mol. The Morgan fingerprint density at radius 2 is 2.05 bits per heavy atom. The van der Waals surface area contributed by atoms with Gasteiger partial charge in [0.25, 0.3) is 5.91 Å². The molecule has 1 aliphatic rings. The topological polar surface area (TPSA) is 58.4 Å². The molecule has 1 atom stereocenters. The maximum absolute atomic E-state index is 13.2. The largest absolute Gasteiger partial charge is 0.399 e. The van der Waals surface area contributed by atoms with E-state index in [9.17, 15) is 9.18 Å². The van der Waals surface area contributed by atoms with Crippen molar-refractivity contribution in [3.63, 3.8) is 0 Å². The average Bonchev–Trinajstić information content (AvgIpc) is 2.38. The van der Waals surface area contributed by atoms with Crippen LogP contribution in [0.1, 0.15) is 36.5 Å². The molecule has 0 saturated carbocycles. The summed E-state index contributed by atoms with van der Waals surface area (Å²) in [6, 6.07) is 3.93. The number of rotatable bonds is 4. The molecule has 1 fully saturated rings. The van der Waals surface area contributed by atoms with Gasteiger partial charge < -0.3 is 16.0 Å². The number of nitrogens with zero attached hydrogens (tertiary/aromatic N) is 1. The van der Waals surface area contributed by atoms with Crippen LogP contribution in [0.3, 0.4) is 0 Å². The van der Waals surface area contributed by atoms with Gasteiger partial charge in [-0.2, -0.15) is 0 Å². The molecule has 5 heteroatoms. The summed E-state index contributed by atoms with van der Waals surface area (Å²) in [5, 5.41) is 2.90. The van der Waals surface area contributed by atoms with Crippen molar-refractivity contribution in [3.05, 3.63) is 29.6 Å². The van der Waals surface area contributed by atoms with E-state index in [1.165, 1.54) is 37.5 Å². The number of nitrogens with one attached hydrogen (secondary N) is 1. The zero-order chi connectivity index (χ0) is 14.5. The van der Waals surface area contributed by atoms with Gasteiger partial charge in [0.1, 0.15) is 5.82 Å². The smallest absolute Gasteiger partial charge is 0.251 e. The fourth-order valence-corrected chi connectivity index (χ4v) is 2.63. The minimum absolute atomic E-state index is 0.0325. The van der Waals surface area contributed by atoms with Gasteiger partial charge in [-0.15, -0.1) is 0 Å².